The fourth-order valence-corrected chi connectivity index (χ4v) is 3.04. The average molecular weight is 255 g/mol. The van der Waals surface area contributed by atoms with E-state index in [0.717, 1.165) is 58.9 Å². The van der Waals surface area contributed by atoms with Crippen LogP contribution in [0.25, 0.3) is 0 Å². The third-order valence-electron chi connectivity index (χ3n) is 4.13. The van der Waals surface area contributed by atoms with Crippen molar-refractivity contribution in [3.63, 3.8) is 0 Å². The van der Waals surface area contributed by atoms with Crippen molar-refractivity contribution in [2.24, 2.45) is 11.3 Å². The number of Topliss-reactive ketones (excluding diaryl/α,β-unsaturated/α-hetero) is 1. The van der Waals surface area contributed by atoms with Crippen molar-refractivity contribution >= 4 is 5.78 Å². The number of rotatable bonds is 4. The SMILES string of the molecule is CC(C)C(=O)C1(CN2CCOCC2)CCOCC1. The number of ketones is 1. The van der Waals surface area contributed by atoms with E-state index in [4.69, 9.17) is 9.47 Å². The second kappa shape index (κ2) is 6.13. The molecule has 0 aromatic heterocycles. The molecule has 0 bridgehead atoms. The molecule has 104 valence electrons. The predicted octanol–water partition coefficient (Wildman–Crippen LogP) is 1.34. The number of nitrogens with zero attached hydrogens (tertiary/aromatic N) is 1. The molecule has 2 heterocycles. The third-order valence-corrected chi connectivity index (χ3v) is 4.13. The molecule has 0 N–H and O–H groups in total. The largest absolute Gasteiger partial charge is 0.381 e. The van der Waals surface area contributed by atoms with Gasteiger partial charge < -0.3 is 9.47 Å². The van der Waals surface area contributed by atoms with Gasteiger partial charge in [0.05, 0.1) is 13.2 Å². The van der Waals surface area contributed by atoms with Crippen molar-refractivity contribution in [1.82, 2.24) is 4.90 Å². The zero-order valence-electron chi connectivity index (χ0n) is 11.6. The molecule has 2 rings (SSSR count). The Bertz CT molecular complexity index is 279. The second-order valence-electron chi connectivity index (χ2n) is 5.80. The van der Waals surface area contributed by atoms with Crippen LogP contribution in [0.2, 0.25) is 0 Å². The van der Waals surface area contributed by atoms with E-state index in [2.05, 4.69) is 4.90 Å². The number of carbonyl (C=O) groups is 1. The van der Waals surface area contributed by atoms with Crippen molar-refractivity contribution in [3.05, 3.63) is 0 Å². The first-order valence-corrected chi connectivity index (χ1v) is 7.06. The Balaban J connectivity index is 2.05. The van der Waals surface area contributed by atoms with E-state index in [1.54, 1.807) is 0 Å². The summed E-state index contributed by atoms with van der Waals surface area (Å²) in [6, 6.07) is 0. The molecule has 0 spiro atoms. The lowest BCUT2D eigenvalue weighted by Gasteiger charge is -2.41. The molecule has 0 aliphatic carbocycles. The highest BCUT2D eigenvalue weighted by atomic mass is 16.5. The molecular weight excluding hydrogens is 230 g/mol. The first-order valence-electron chi connectivity index (χ1n) is 7.06. The van der Waals surface area contributed by atoms with Crippen LogP contribution in [0.15, 0.2) is 0 Å². The van der Waals surface area contributed by atoms with Crippen molar-refractivity contribution in [3.8, 4) is 0 Å². The van der Waals surface area contributed by atoms with Gasteiger partial charge in [0.2, 0.25) is 0 Å². The number of hydrogen-bond donors (Lipinski definition) is 0. The maximum absolute atomic E-state index is 12.6. The minimum absolute atomic E-state index is 0.115. The average Bonchev–Trinajstić information content (AvgIpc) is 2.40. The second-order valence-corrected chi connectivity index (χ2v) is 5.80. The summed E-state index contributed by atoms with van der Waals surface area (Å²) in [5.74, 6) is 0.529. The molecule has 18 heavy (non-hydrogen) atoms. The molecule has 0 amide bonds. The van der Waals surface area contributed by atoms with E-state index in [0.29, 0.717) is 5.78 Å². The summed E-state index contributed by atoms with van der Waals surface area (Å²) in [4.78, 5) is 15.0. The molecule has 2 fully saturated rings. The van der Waals surface area contributed by atoms with Crippen molar-refractivity contribution in [1.29, 1.82) is 0 Å². The maximum atomic E-state index is 12.6. The number of carbonyl (C=O) groups excluding carboxylic acids is 1. The minimum Gasteiger partial charge on any atom is -0.381 e. The summed E-state index contributed by atoms with van der Waals surface area (Å²) in [5.41, 5.74) is -0.177. The Morgan fingerprint density at radius 1 is 1.11 bits per heavy atom. The zero-order valence-corrected chi connectivity index (χ0v) is 11.6. The van der Waals surface area contributed by atoms with E-state index in [-0.39, 0.29) is 11.3 Å². The monoisotopic (exact) mass is 255 g/mol. The van der Waals surface area contributed by atoms with Gasteiger partial charge in [-0.2, -0.15) is 0 Å². The van der Waals surface area contributed by atoms with Gasteiger partial charge in [-0.1, -0.05) is 13.8 Å². The van der Waals surface area contributed by atoms with E-state index < -0.39 is 0 Å². The molecule has 0 aromatic carbocycles. The molecule has 0 unspecified atom stereocenters. The fourth-order valence-electron chi connectivity index (χ4n) is 3.04. The lowest BCUT2D eigenvalue weighted by Crippen LogP contribution is -2.50. The van der Waals surface area contributed by atoms with Crippen LogP contribution in [0.4, 0.5) is 0 Å². The molecule has 4 heteroatoms. The van der Waals surface area contributed by atoms with Crippen LogP contribution in [0.3, 0.4) is 0 Å². The molecule has 2 saturated heterocycles. The van der Waals surface area contributed by atoms with Gasteiger partial charge in [0.15, 0.2) is 0 Å². The van der Waals surface area contributed by atoms with Crippen LogP contribution in [-0.4, -0.2) is 56.7 Å². The summed E-state index contributed by atoms with van der Waals surface area (Å²) < 4.78 is 10.8. The number of morpholine rings is 1. The van der Waals surface area contributed by atoms with Crippen LogP contribution >= 0.6 is 0 Å². The standard InChI is InChI=1S/C14H25NO3/c1-12(2)13(16)14(3-7-17-8-4-14)11-15-5-9-18-10-6-15/h12H,3-11H2,1-2H3. The van der Waals surface area contributed by atoms with E-state index >= 15 is 0 Å². The molecule has 4 nitrogen and oxygen atoms in total. The van der Waals surface area contributed by atoms with Gasteiger partial charge in [0, 0.05) is 44.2 Å². The summed E-state index contributed by atoms with van der Waals surface area (Å²) in [5, 5.41) is 0. The van der Waals surface area contributed by atoms with Crippen molar-refractivity contribution < 1.29 is 14.3 Å². The van der Waals surface area contributed by atoms with Gasteiger partial charge in [-0.15, -0.1) is 0 Å². The molecule has 0 aromatic rings. The highest BCUT2D eigenvalue weighted by molar-refractivity contribution is 5.86. The van der Waals surface area contributed by atoms with Gasteiger partial charge in [0.1, 0.15) is 5.78 Å². The van der Waals surface area contributed by atoms with Crippen LogP contribution in [0.5, 0.6) is 0 Å². The molecular formula is C14H25NO3. The number of ether oxygens (including phenoxy) is 2. The predicted molar refractivity (Wildman–Crippen MR) is 69.6 cm³/mol. The minimum atomic E-state index is -0.177. The van der Waals surface area contributed by atoms with Crippen LogP contribution in [0.1, 0.15) is 26.7 Å². The van der Waals surface area contributed by atoms with E-state index in [1.165, 1.54) is 0 Å². The van der Waals surface area contributed by atoms with Gasteiger partial charge >= 0.3 is 0 Å². The van der Waals surface area contributed by atoms with Gasteiger partial charge in [-0.05, 0) is 12.8 Å². The molecule has 0 atom stereocenters. The first kappa shape index (κ1) is 14.0. The van der Waals surface area contributed by atoms with Gasteiger partial charge in [0.25, 0.3) is 0 Å². The smallest absolute Gasteiger partial charge is 0.143 e. The van der Waals surface area contributed by atoms with Crippen LogP contribution in [0, 0.1) is 11.3 Å². The Labute approximate surface area is 110 Å². The van der Waals surface area contributed by atoms with Crippen LogP contribution in [-0.2, 0) is 14.3 Å². The Morgan fingerprint density at radius 2 is 1.67 bits per heavy atom. The summed E-state index contributed by atoms with van der Waals surface area (Å²) in [6.07, 6.45) is 1.75. The van der Waals surface area contributed by atoms with Crippen molar-refractivity contribution in [2.45, 2.75) is 26.7 Å². The summed E-state index contributed by atoms with van der Waals surface area (Å²) >= 11 is 0. The Morgan fingerprint density at radius 3 is 2.22 bits per heavy atom. The summed E-state index contributed by atoms with van der Waals surface area (Å²) in [7, 11) is 0. The summed E-state index contributed by atoms with van der Waals surface area (Å²) in [6.45, 7) is 9.85. The Hall–Kier alpha value is -0.450. The van der Waals surface area contributed by atoms with Gasteiger partial charge in [-0.25, -0.2) is 0 Å². The lowest BCUT2D eigenvalue weighted by atomic mass is 9.72. The quantitative estimate of drug-likeness (QED) is 0.760. The zero-order chi connectivity index (χ0) is 13.0. The molecule has 0 radical (unpaired) electrons. The topological polar surface area (TPSA) is 38.8 Å². The van der Waals surface area contributed by atoms with Crippen LogP contribution < -0.4 is 0 Å². The van der Waals surface area contributed by atoms with E-state index in [1.807, 2.05) is 13.8 Å². The van der Waals surface area contributed by atoms with Crippen molar-refractivity contribution in [2.75, 3.05) is 46.1 Å². The first-order chi connectivity index (χ1) is 8.64. The molecule has 2 aliphatic heterocycles. The maximum Gasteiger partial charge on any atom is 0.143 e. The third kappa shape index (κ3) is 3.11. The highest BCUT2D eigenvalue weighted by Crippen LogP contribution is 2.35. The fraction of sp³-hybridized carbons (Fsp3) is 0.929. The van der Waals surface area contributed by atoms with E-state index in [9.17, 15) is 4.79 Å². The lowest BCUT2D eigenvalue weighted by molar-refractivity contribution is -0.140. The molecule has 2 aliphatic rings. The normalized spacial score (nSPS) is 25.3. The highest BCUT2D eigenvalue weighted by Gasteiger charge is 2.42. The van der Waals surface area contributed by atoms with Gasteiger partial charge in [-0.3, -0.25) is 9.69 Å². The number of hydrogen-bond acceptors (Lipinski definition) is 4. The Kier molecular flexibility index (Phi) is 4.76. The molecule has 0 saturated carbocycles.